The quantitative estimate of drug-likeness (QED) is 0.676. The number of aliphatic imine (C=N–C) groups is 1. The highest BCUT2D eigenvalue weighted by atomic mass is 14.7. The lowest BCUT2D eigenvalue weighted by Crippen LogP contribution is -1.88. The molecule has 0 heterocycles. The molecule has 2 aromatic carbocycles. The molecule has 0 aromatic heterocycles. The van der Waals surface area contributed by atoms with Gasteiger partial charge in [-0.05, 0) is 23.1 Å². The van der Waals surface area contributed by atoms with Crippen LogP contribution < -0.4 is 0 Å². The summed E-state index contributed by atoms with van der Waals surface area (Å²) in [4.78, 5) is 4.57. The largest absolute Gasteiger partial charge is 0.256 e. The highest BCUT2D eigenvalue weighted by Gasteiger charge is 2.03. The summed E-state index contributed by atoms with van der Waals surface area (Å²) in [6.45, 7) is 4.38. The minimum Gasteiger partial charge on any atom is -0.256 e. The molecule has 0 saturated heterocycles. The number of hydrogen-bond donors (Lipinski definition) is 0. The van der Waals surface area contributed by atoms with E-state index in [9.17, 15) is 0 Å². The Morgan fingerprint density at radius 2 is 1.53 bits per heavy atom. The molecule has 0 bridgehead atoms. The number of rotatable bonds is 3. The maximum atomic E-state index is 4.57. The van der Waals surface area contributed by atoms with Crippen molar-refractivity contribution in [3.8, 4) is 0 Å². The fourth-order valence-electron chi connectivity index (χ4n) is 1.78. The molecule has 0 aliphatic rings. The van der Waals surface area contributed by atoms with Gasteiger partial charge in [-0.15, -0.1) is 0 Å². The molecule has 0 radical (unpaired) electrons. The Balaban J connectivity index is 2.27. The zero-order valence-electron chi connectivity index (χ0n) is 10.3. The van der Waals surface area contributed by atoms with Crippen molar-refractivity contribution in [3.63, 3.8) is 0 Å². The second-order valence-electron chi connectivity index (χ2n) is 4.38. The third-order valence-corrected chi connectivity index (χ3v) is 2.71. The maximum Gasteiger partial charge on any atom is 0.0664 e. The molecular formula is C16H17N. The van der Waals surface area contributed by atoms with Crippen molar-refractivity contribution in [2.45, 2.75) is 19.8 Å². The van der Waals surface area contributed by atoms with E-state index in [1.807, 2.05) is 30.5 Å². The molecule has 1 heteroatoms. The van der Waals surface area contributed by atoms with E-state index in [0.717, 1.165) is 11.3 Å². The number of hydrogen-bond acceptors (Lipinski definition) is 1. The van der Waals surface area contributed by atoms with E-state index in [0.29, 0.717) is 5.92 Å². The molecule has 0 unspecified atom stereocenters. The van der Waals surface area contributed by atoms with Gasteiger partial charge in [-0.1, -0.05) is 62.4 Å². The summed E-state index contributed by atoms with van der Waals surface area (Å²) < 4.78 is 0. The van der Waals surface area contributed by atoms with Gasteiger partial charge in [0, 0.05) is 6.21 Å². The van der Waals surface area contributed by atoms with Crippen LogP contribution in [0.25, 0.3) is 0 Å². The van der Waals surface area contributed by atoms with Gasteiger partial charge in [-0.3, -0.25) is 4.99 Å². The van der Waals surface area contributed by atoms with Crippen LogP contribution in [0.2, 0.25) is 0 Å². The Morgan fingerprint density at radius 1 is 0.882 bits per heavy atom. The number of para-hydroxylation sites is 1. The van der Waals surface area contributed by atoms with Gasteiger partial charge in [0.1, 0.15) is 0 Å². The van der Waals surface area contributed by atoms with Gasteiger partial charge in [-0.2, -0.15) is 0 Å². The lowest BCUT2D eigenvalue weighted by atomic mass is 10.0. The summed E-state index contributed by atoms with van der Waals surface area (Å²) in [6.07, 6.45) is 1.92. The summed E-state index contributed by atoms with van der Waals surface area (Å²) >= 11 is 0. The van der Waals surface area contributed by atoms with Crippen molar-refractivity contribution in [2.75, 3.05) is 0 Å². The molecule has 0 aliphatic carbocycles. The lowest BCUT2D eigenvalue weighted by molar-refractivity contribution is 0.867. The van der Waals surface area contributed by atoms with Crippen LogP contribution in [0.1, 0.15) is 30.9 Å². The van der Waals surface area contributed by atoms with Crippen LogP contribution in [0.5, 0.6) is 0 Å². The van der Waals surface area contributed by atoms with Crippen LogP contribution in [0.4, 0.5) is 5.69 Å². The minimum atomic E-state index is 0.499. The molecule has 0 saturated carbocycles. The molecule has 0 spiro atoms. The number of benzene rings is 2. The van der Waals surface area contributed by atoms with Crippen LogP contribution in [-0.2, 0) is 0 Å². The van der Waals surface area contributed by atoms with Crippen molar-refractivity contribution in [2.24, 2.45) is 4.99 Å². The highest BCUT2D eigenvalue weighted by Crippen LogP contribution is 2.25. The summed E-state index contributed by atoms with van der Waals surface area (Å²) in [6, 6.07) is 18.5. The van der Waals surface area contributed by atoms with Gasteiger partial charge < -0.3 is 0 Å². The zero-order chi connectivity index (χ0) is 12.1. The maximum absolute atomic E-state index is 4.57. The molecule has 2 aromatic rings. The van der Waals surface area contributed by atoms with E-state index in [1.165, 1.54) is 5.56 Å². The van der Waals surface area contributed by atoms with Gasteiger partial charge in [0.25, 0.3) is 0 Å². The molecule has 0 aliphatic heterocycles. The first kappa shape index (κ1) is 11.6. The first-order valence-electron chi connectivity index (χ1n) is 5.95. The van der Waals surface area contributed by atoms with Crippen molar-refractivity contribution < 1.29 is 0 Å². The van der Waals surface area contributed by atoms with Crippen LogP contribution in [-0.4, -0.2) is 6.21 Å². The molecule has 86 valence electrons. The smallest absolute Gasteiger partial charge is 0.0664 e. The monoisotopic (exact) mass is 223 g/mol. The summed E-state index contributed by atoms with van der Waals surface area (Å²) in [5.41, 5.74) is 3.48. The standard InChI is InChI=1S/C16H17N/c1-13(2)15-10-6-7-11-16(15)17-12-14-8-4-3-5-9-14/h3-13H,1-2H3. The molecule has 0 atom stereocenters. The fraction of sp³-hybridized carbons (Fsp3) is 0.188. The molecule has 2 rings (SSSR count). The first-order valence-corrected chi connectivity index (χ1v) is 5.95. The van der Waals surface area contributed by atoms with Crippen molar-refractivity contribution in [3.05, 3.63) is 65.7 Å². The van der Waals surface area contributed by atoms with Crippen LogP contribution >= 0.6 is 0 Å². The topological polar surface area (TPSA) is 12.4 Å². The first-order chi connectivity index (χ1) is 8.27. The highest BCUT2D eigenvalue weighted by molar-refractivity contribution is 5.82. The number of nitrogens with zero attached hydrogens (tertiary/aromatic N) is 1. The van der Waals surface area contributed by atoms with Gasteiger partial charge >= 0.3 is 0 Å². The fourth-order valence-corrected chi connectivity index (χ4v) is 1.78. The van der Waals surface area contributed by atoms with Crippen LogP contribution in [0.15, 0.2) is 59.6 Å². The van der Waals surface area contributed by atoms with Crippen LogP contribution in [0, 0.1) is 0 Å². The normalized spacial score (nSPS) is 11.2. The molecule has 0 amide bonds. The van der Waals surface area contributed by atoms with E-state index in [1.54, 1.807) is 0 Å². The van der Waals surface area contributed by atoms with Crippen molar-refractivity contribution in [1.29, 1.82) is 0 Å². The molecule has 0 fully saturated rings. The lowest BCUT2D eigenvalue weighted by Gasteiger charge is -2.08. The summed E-state index contributed by atoms with van der Waals surface area (Å²) in [7, 11) is 0. The third-order valence-electron chi connectivity index (χ3n) is 2.71. The Morgan fingerprint density at radius 3 is 2.24 bits per heavy atom. The Bertz CT molecular complexity index is 498. The average molecular weight is 223 g/mol. The minimum absolute atomic E-state index is 0.499. The van der Waals surface area contributed by atoms with Crippen molar-refractivity contribution in [1.82, 2.24) is 0 Å². The van der Waals surface area contributed by atoms with Crippen molar-refractivity contribution >= 4 is 11.9 Å². The van der Waals surface area contributed by atoms with E-state index in [4.69, 9.17) is 0 Å². The van der Waals surface area contributed by atoms with Gasteiger partial charge in [0.15, 0.2) is 0 Å². The molecule has 0 N–H and O–H groups in total. The Labute approximate surface area is 103 Å². The summed E-state index contributed by atoms with van der Waals surface area (Å²) in [5.74, 6) is 0.499. The summed E-state index contributed by atoms with van der Waals surface area (Å²) in [5, 5.41) is 0. The van der Waals surface area contributed by atoms with Gasteiger partial charge in [0.05, 0.1) is 5.69 Å². The van der Waals surface area contributed by atoms with E-state index in [2.05, 4.69) is 49.2 Å². The Hall–Kier alpha value is -1.89. The van der Waals surface area contributed by atoms with Crippen LogP contribution in [0.3, 0.4) is 0 Å². The average Bonchev–Trinajstić information content (AvgIpc) is 2.38. The third kappa shape index (κ3) is 3.04. The predicted molar refractivity (Wildman–Crippen MR) is 74.2 cm³/mol. The second-order valence-corrected chi connectivity index (χ2v) is 4.38. The zero-order valence-corrected chi connectivity index (χ0v) is 10.3. The molecule has 1 nitrogen and oxygen atoms in total. The van der Waals surface area contributed by atoms with Gasteiger partial charge in [0.2, 0.25) is 0 Å². The predicted octanol–water partition coefficient (Wildman–Crippen LogP) is 4.56. The molecule has 17 heavy (non-hydrogen) atoms. The van der Waals surface area contributed by atoms with Gasteiger partial charge in [-0.25, -0.2) is 0 Å². The Kier molecular flexibility index (Phi) is 3.71. The van der Waals surface area contributed by atoms with E-state index >= 15 is 0 Å². The van der Waals surface area contributed by atoms with E-state index in [-0.39, 0.29) is 0 Å². The SMILES string of the molecule is CC(C)c1ccccc1N=Cc1ccccc1. The molecular weight excluding hydrogens is 206 g/mol. The van der Waals surface area contributed by atoms with E-state index < -0.39 is 0 Å². The second kappa shape index (κ2) is 5.44.